The number of aliphatic carboxylic acids is 1. The second kappa shape index (κ2) is 6.66. The number of primary amides is 1. The summed E-state index contributed by atoms with van der Waals surface area (Å²) in [6.07, 6.45) is 5.44. The van der Waals surface area contributed by atoms with Crippen LogP contribution in [0.4, 0.5) is 5.00 Å². The molecule has 4 rings (SSSR count). The number of hydrogen-bond acceptors (Lipinski definition) is 5. The number of fused-ring (bicyclic) bond motifs is 3. The van der Waals surface area contributed by atoms with Crippen LogP contribution in [0.15, 0.2) is 0 Å². The number of nitrogens with one attached hydrogen (secondary N) is 1. The number of carbonyl (C=O) groups excluding carboxylic acids is 2. The molecule has 26 heavy (non-hydrogen) atoms. The van der Waals surface area contributed by atoms with Gasteiger partial charge in [0.25, 0.3) is 5.91 Å². The first-order valence-corrected chi connectivity index (χ1v) is 9.92. The average Bonchev–Trinajstić information content (AvgIpc) is 3.23. The van der Waals surface area contributed by atoms with Crippen molar-refractivity contribution in [1.29, 1.82) is 0 Å². The Kier molecular flexibility index (Phi) is 4.48. The van der Waals surface area contributed by atoms with Gasteiger partial charge in [0.05, 0.1) is 29.6 Å². The number of anilines is 1. The Hall–Kier alpha value is -1.93. The zero-order valence-corrected chi connectivity index (χ0v) is 15.1. The zero-order valence-electron chi connectivity index (χ0n) is 14.3. The summed E-state index contributed by atoms with van der Waals surface area (Å²) < 4.78 is 5.66. The van der Waals surface area contributed by atoms with Crippen molar-refractivity contribution in [3.8, 4) is 0 Å². The van der Waals surface area contributed by atoms with Gasteiger partial charge >= 0.3 is 5.97 Å². The lowest BCUT2D eigenvalue weighted by molar-refractivity contribution is -0.147. The van der Waals surface area contributed by atoms with E-state index in [0.29, 0.717) is 23.4 Å². The van der Waals surface area contributed by atoms with Gasteiger partial charge < -0.3 is 20.9 Å². The largest absolute Gasteiger partial charge is 0.481 e. The van der Waals surface area contributed by atoms with Gasteiger partial charge in [-0.2, -0.15) is 0 Å². The number of ether oxygens (including phenoxy) is 1. The summed E-state index contributed by atoms with van der Waals surface area (Å²) >= 11 is 1.40. The molecular formula is C18H22N2O5S. The van der Waals surface area contributed by atoms with Gasteiger partial charge in [0, 0.05) is 4.88 Å². The van der Waals surface area contributed by atoms with E-state index < -0.39 is 29.8 Å². The van der Waals surface area contributed by atoms with E-state index in [2.05, 4.69) is 5.32 Å². The highest BCUT2D eigenvalue weighted by molar-refractivity contribution is 7.17. The molecule has 2 amide bonds. The van der Waals surface area contributed by atoms with Crippen LogP contribution in [-0.2, 0) is 27.2 Å². The maximum absolute atomic E-state index is 12.9. The topological polar surface area (TPSA) is 119 Å². The van der Waals surface area contributed by atoms with Crippen molar-refractivity contribution in [2.45, 2.75) is 57.2 Å². The number of aryl methyl sites for hydroxylation is 1. The van der Waals surface area contributed by atoms with Crippen molar-refractivity contribution in [3.05, 3.63) is 16.0 Å². The maximum Gasteiger partial charge on any atom is 0.310 e. The maximum atomic E-state index is 12.9. The van der Waals surface area contributed by atoms with Crippen molar-refractivity contribution in [2.75, 3.05) is 5.32 Å². The molecule has 0 saturated carbocycles. The third-order valence-corrected chi connectivity index (χ3v) is 6.97. The van der Waals surface area contributed by atoms with Crippen LogP contribution in [0, 0.1) is 11.8 Å². The Balaban J connectivity index is 1.62. The molecule has 3 heterocycles. The van der Waals surface area contributed by atoms with Gasteiger partial charge in [-0.05, 0) is 44.1 Å². The fourth-order valence-corrected chi connectivity index (χ4v) is 5.91. The van der Waals surface area contributed by atoms with Gasteiger partial charge in [-0.3, -0.25) is 14.4 Å². The normalized spacial score (nSPS) is 29.8. The SMILES string of the molecule is NC(=O)c1c(NC(=O)[C@@H]2[C@@H](C(=O)O)[C@H]3CC[C@@H]2O3)sc2c1CCCCC2. The smallest absolute Gasteiger partial charge is 0.310 e. The van der Waals surface area contributed by atoms with Gasteiger partial charge in [-0.1, -0.05) is 6.42 Å². The van der Waals surface area contributed by atoms with Crippen molar-refractivity contribution < 1.29 is 24.2 Å². The quantitative estimate of drug-likeness (QED) is 0.692. The van der Waals surface area contributed by atoms with E-state index in [9.17, 15) is 19.5 Å². The Morgan fingerprint density at radius 3 is 2.46 bits per heavy atom. The molecule has 1 aliphatic carbocycles. The molecular weight excluding hydrogens is 356 g/mol. The fourth-order valence-electron chi connectivity index (χ4n) is 4.61. The molecule has 1 aromatic rings. The Labute approximate surface area is 154 Å². The molecule has 1 aromatic heterocycles. The summed E-state index contributed by atoms with van der Waals surface area (Å²) in [4.78, 5) is 37.6. The predicted molar refractivity (Wildman–Crippen MR) is 95.2 cm³/mol. The number of amides is 2. The van der Waals surface area contributed by atoms with Gasteiger partial charge in [-0.25, -0.2) is 0 Å². The third-order valence-electron chi connectivity index (χ3n) is 5.77. The van der Waals surface area contributed by atoms with Crippen LogP contribution in [0.2, 0.25) is 0 Å². The number of carbonyl (C=O) groups is 3. The standard InChI is InChI=1S/C18H22N2O5S/c19-15(21)12-8-4-2-1-3-5-11(8)26-17(12)20-16(22)13-9-6-7-10(25-9)14(13)18(23)24/h9-10,13-14H,1-7H2,(H2,19,21)(H,20,22)(H,23,24)/t9-,10+,13-,14-/m0/s1. The summed E-state index contributed by atoms with van der Waals surface area (Å²) in [6.45, 7) is 0. The molecule has 7 nitrogen and oxygen atoms in total. The van der Waals surface area contributed by atoms with Crippen LogP contribution in [0.3, 0.4) is 0 Å². The number of thiophene rings is 1. The van der Waals surface area contributed by atoms with E-state index >= 15 is 0 Å². The molecule has 2 aliphatic heterocycles. The van der Waals surface area contributed by atoms with E-state index in [0.717, 1.165) is 42.5 Å². The van der Waals surface area contributed by atoms with Crippen molar-refractivity contribution in [2.24, 2.45) is 17.6 Å². The Morgan fingerprint density at radius 2 is 1.77 bits per heavy atom. The summed E-state index contributed by atoms with van der Waals surface area (Å²) in [5, 5.41) is 12.8. The number of hydrogen-bond donors (Lipinski definition) is 3. The monoisotopic (exact) mass is 378 g/mol. The van der Waals surface area contributed by atoms with E-state index in [1.807, 2.05) is 0 Å². The molecule has 0 aromatic carbocycles. The lowest BCUT2D eigenvalue weighted by Gasteiger charge is -2.23. The van der Waals surface area contributed by atoms with Gasteiger partial charge in [-0.15, -0.1) is 11.3 Å². The van der Waals surface area contributed by atoms with E-state index in [1.165, 1.54) is 11.3 Å². The summed E-state index contributed by atoms with van der Waals surface area (Å²) in [5.41, 5.74) is 6.95. The van der Waals surface area contributed by atoms with Crippen molar-refractivity contribution in [1.82, 2.24) is 0 Å². The van der Waals surface area contributed by atoms with Crippen LogP contribution in [0.1, 0.15) is 52.9 Å². The van der Waals surface area contributed by atoms with Crippen LogP contribution in [0.5, 0.6) is 0 Å². The lowest BCUT2D eigenvalue weighted by Crippen LogP contribution is -2.41. The minimum absolute atomic E-state index is 0.365. The first-order chi connectivity index (χ1) is 12.5. The second-order valence-electron chi connectivity index (χ2n) is 7.30. The molecule has 2 fully saturated rings. The molecule has 4 atom stereocenters. The van der Waals surface area contributed by atoms with Gasteiger partial charge in [0.1, 0.15) is 5.00 Å². The molecule has 0 radical (unpaired) electrons. The van der Waals surface area contributed by atoms with Crippen LogP contribution >= 0.6 is 11.3 Å². The molecule has 2 bridgehead atoms. The second-order valence-corrected chi connectivity index (χ2v) is 8.41. The number of rotatable bonds is 4. The summed E-state index contributed by atoms with van der Waals surface area (Å²) in [5.74, 6) is -3.49. The van der Waals surface area contributed by atoms with Gasteiger partial charge in [0.2, 0.25) is 5.91 Å². The first kappa shape index (κ1) is 17.5. The molecule has 0 unspecified atom stereocenters. The minimum Gasteiger partial charge on any atom is -0.481 e. The molecule has 2 saturated heterocycles. The van der Waals surface area contributed by atoms with E-state index in [1.54, 1.807) is 0 Å². The molecule has 140 valence electrons. The Bertz CT molecular complexity index is 774. The molecule has 4 N–H and O–H groups in total. The zero-order chi connectivity index (χ0) is 18.4. The van der Waals surface area contributed by atoms with E-state index in [4.69, 9.17) is 10.5 Å². The van der Waals surface area contributed by atoms with Crippen LogP contribution in [-0.4, -0.2) is 35.1 Å². The predicted octanol–water partition coefficient (Wildman–Crippen LogP) is 1.93. The fraction of sp³-hybridized carbons (Fsp3) is 0.611. The number of carboxylic acids is 1. The third kappa shape index (κ3) is 2.81. The molecule has 3 aliphatic rings. The highest BCUT2D eigenvalue weighted by atomic mass is 32.1. The highest BCUT2D eigenvalue weighted by Crippen LogP contribution is 2.45. The lowest BCUT2D eigenvalue weighted by atomic mass is 9.78. The Morgan fingerprint density at radius 1 is 1.08 bits per heavy atom. The average molecular weight is 378 g/mol. The van der Waals surface area contributed by atoms with E-state index in [-0.39, 0.29) is 12.0 Å². The number of nitrogens with two attached hydrogens (primary N) is 1. The van der Waals surface area contributed by atoms with Crippen LogP contribution in [0.25, 0.3) is 0 Å². The molecule has 8 heteroatoms. The van der Waals surface area contributed by atoms with Crippen LogP contribution < -0.4 is 11.1 Å². The van der Waals surface area contributed by atoms with Gasteiger partial charge in [0.15, 0.2) is 0 Å². The first-order valence-electron chi connectivity index (χ1n) is 9.11. The van der Waals surface area contributed by atoms with Crippen molar-refractivity contribution in [3.63, 3.8) is 0 Å². The molecule has 0 spiro atoms. The number of carboxylic acid groups (broad SMARTS) is 1. The minimum atomic E-state index is -1.01. The van der Waals surface area contributed by atoms with Crippen molar-refractivity contribution >= 4 is 34.1 Å². The summed E-state index contributed by atoms with van der Waals surface area (Å²) in [6, 6.07) is 0. The summed E-state index contributed by atoms with van der Waals surface area (Å²) in [7, 11) is 0. The highest BCUT2D eigenvalue weighted by Gasteiger charge is 2.55.